The number of rotatable bonds is 8. The summed E-state index contributed by atoms with van der Waals surface area (Å²) in [5.74, 6) is 0. The summed E-state index contributed by atoms with van der Waals surface area (Å²) in [6.45, 7) is 4.20. The summed E-state index contributed by atoms with van der Waals surface area (Å²) in [6.07, 6.45) is 5.97. The third-order valence-corrected chi connectivity index (χ3v) is 4.66. The van der Waals surface area contributed by atoms with Gasteiger partial charge in [-0.25, -0.2) is 0 Å². The maximum atomic E-state index is 9.60. The van der Waals surface area contributed by atoms with Crippen LogP contribution in [0.2, 0.25) is 0 Å². The van der Waals surface area contributed by atoms with Gasteiger partial charge in [0.05, 0.1) is 18.8 Å². The summed E-state index contributed by atoms with van der Waals surface area (Å²) in [7, 11) is 1.62. The van der Waals surface area contributed by atoms with Gasteiger partial charge in [-0.2, -0.15) is 0 Å². The first-order valence-corrected chi connectivity index (χ1v) is 7.25. The van der Waals surface area contributed by atoms with Gasteiger partial charge in [-0.1, -0.05) is 6.42 Å². The lowest BCUT2D eigenvalue weighted by atomic mass is 9.51. The Hall–Kier alpha value is -0.160. The lowest BCUT2D eigenvalue weighted by molar-refractivity contribution is -0.172. The smallest absolute Gasteiger partial charge is 0.0785 e. The number of hydrogen-bond acceptors (Lipinski definition) is 4. The lowest BCUT2D eigenvalue weighted by Crippen LogP contribution is -2.67. The zero-order chi connectivity index (χ0) is 13.0. The lowest BCUT2D eigenvalue weighted by Gasteiger charge is -2.61. The van der Waals surface area contributed by atoms with E-state index in [0.717, 1.165) is 26.0 Å². The molecular formula is C14H27NO3. The molecule has 0 heterocycles. The Morgan fingerprint density at radius 1 is 1.44 bits per heavy atom. The molecule has 0 amide bonds. The number of nitrogens with one attached hydrogen (secondary N) is 1. The average molecular weight is 257 g/mol. The van der Waals surface area contributed by atoms with Crippen molar-refractivity contribution in [3.8, 4) is 0 Å². The third-order valence-electron chi connectivity index (χ3n) is 4.66. The standard InChI is InChI=1S/C14H27NO3/c1-3-18-13-9-12(14(13)6-4-7-14)15-8-5-11(16)10-17-2/h11-13,15-16H,3-10H2,1-2H3. The molecule has 3 atom stereocenters. The summed E-state index contributed by atoms with van der Waals surface area (Å²) in [5.41, 5.74) is 0.419. The van der Waals surface area contributed by atoms with E-state index < -0.39 is 0 Å². The molecule has 2 fully saturated rings. The van der Waals surface area contributed by atoms with Crippen molar-refractivity contribution >= 4 is 0 Å². The van der Waals surface area contributed by atoms with Crippen LogP contribution in [0.15, 0.2) is 0 Å². The second kappa shape index (κ2) is 6.33. The van der Waals surface area contributed by atoms with Gasteiger partial charge in [-0.15, -0.1) is 0 Å². The Morgan fingerprint density at radius 2 is 2.22 bits per heavy atom. The zero-order valence-electron chi connectivity index (χ0n) is 11.7. The molecule has 0 aliphatic heterocycles. The van der Waals surface area contributed by atoms with E-state index in [4.69, 9.17) is 9.47 Å². The van der Waals surface area contributed by atoms with Crippen molar-refractivity contribution in [1.82, 2.24) is 5.32 Å². The first-order chi connectivity index (χ1) is 8.73. The van der Waals surface area contributed by atoms with Gasteiger partial charge >= 0.3 is 0 Å². The van der Waals surface area contributed by atoms with Crippen LogP contribution in [-0.4, -0.2) is 50.2 Å². The first kappa shape index (κ1) is 14.3. The van der Waals surface area contributed by atoms with Gasteiger partial charge in [-0.3, -0.25) is 0 Å². The number of hydrogen-bond donors (Lipinski definition) is 2. The first-order valence-electron chi connectivity index (χ1n) is 7.25. The second-order valence-electron chi connectivity index (χ2n) is 5.67. The van der Waals surface area contributed by atoms with E-state index in [2.05, 4.69) is 12.2 Å². The highest BCUT2D eigenvalue weighted by molar-refractivity contribution is 5.12. The monoisotopic (exact) mass is 257 g/mol. The van der Waals surface area contributed by atoms with Crippen molar-refractivity contribution in [3.63, 3.8) is 0 Å². The van der Waals surface area contributed by atoms with Crippen molar-refractivity contribution < 1.29 is 14.6 Å². The van der Waals surface area contributed by atoms with E-state index in [1.165, 1.54) is 19.3 Å². The molecule has 0 aromatic heterocycles. The molecule has 18 heavy (non-hydrogen) atoms. The maximum Gasteiger partial charge on any atom is 0.0785 e. The number of methoxy groups -OCH3 is 1. The molecule has 3 unspecified atom stereocenters. The van der Waals surface area contributed by atoms with Crippen LogP contribution in [0.3, 0.4) is 0 Å². The molecular weight excluding hydrogens is 230 g/mol. The minimum atomic E-state index is -0.345. The highest BCUT2D eigenvalue weighted by atomic mass is 16.5. The van der Waals surface area contributed by atoms with E-state index in [-0.39, 0.29) is 6.10 Å². The Kier molecular flexibility index (Phi) is 5.01. The topological polar surface area (TPSA) is 50.7 Å². The molecule has 4 nitrogen and oxygen atoms in total. The number of ether oxygens (including phenoxy) is 2. The van der Waals surface area contributed by atoms with Gasteiger partial charge < -0.3 is 19.9 Å². The quantitative estimate of drug-likeness (QED) is 0.688. The van der Waals surface area contributed by atoms with Crippen molar-refractivity contribution in [3.05, 3.63) is 0 Å². The molecule has 0 bridgehead atoms. The third kappa shape index (κ3) is 2.72. The Morgan fingerprint density at radius 3 is 2.78 bits per heavy atom. The summed E-state index contributed by atoms with van der Waals surface area (Å²) < 4.78 is 10.7. The Labute approximate surface area is 110 Å². The largest absolute Gasteiger partial charge is 0.391 e. The number of aliphatic hydroxyl groups excluding tert-OH is 1. The SMILES string of the molecule is CCOC1CC(NCCC(O)COC)C12CCC2. The molecule has 2 aliphatic carbocycles. The molecule has 0 aromatic rings. The van der Waals surface area contributed by atoms with Gasteiger partial charge in [0.15, 0.2) is 0 Å². The summed E-state index contributed by atoms with van der Waals surface area (Å²) >= 11 is 0. The van der Waals surface area contributed by atoms with Crippen LogP contribution in [0, 0.1) is 5.41 Å². The normalized spacial score (nSPS) is 30.8. The predicted octanol–water partition coefficient (Wildman–Crippen LogP) is 1.32. The minimum Gasteiger partial charge on any atom is -0.391 e. The van der Waals surface area contributed by atoms with Gasteiger partial charge in [-0.05, 0) is 39.2 Å². The average Bonchev–Trinajstić information content (AvgIpc) is 2.24. The van der Waals surface area contributed by atoms with E-state index in [9.17, 15) is 5.11 Å². The molecule has 2 aliphatic rings. The van der Waals surface area contributed by atoms with Crippen LogP contribution in [0.4, 0.5) is 0 Å². The Balaban J connectivity index is 1.68. The van der Waals surface area contributed by atoms with E-state index in [0.29, 0.717) is 24.2 Å². The van der Waals surface area contributed by atoms with E-state index in [1.54, 1.807) is 7.11 Å². The van der Waals surface area contributed by atoms with Crippen LogP contribution >= 0.6 is 0 Å². The van der Waals surface area contributed by atoms with Crippen LogP contribution in [0.1, 0.15) is 39.0 Å². The van der Waals surface area contributed by atoms with Crippen LogP contribution < -0.4 is 5.32 Å². The Bertz CT molecular complexity index is 255. The number of aliphatic hydroxyl groups is 1. The van der Waals surface area contributed by atoms with Gasteiger partial charge in [0.2, 0.25) is 0 Å². The summed E-state index contributed by atoms with van der Waals surface area (Å²) in [6, 6.07) is 0.595. The van der Waals surface area contributed by atoms with Crippen molar-refractivity contribution in [2.24, 2.45) is 5.41 Å². The molecule has 1 spiro atoms. The fraction of sp³-hybridized carbons (Fsp3) is 1.00. The summed E-state index contributed by atoms with van der Waals surface area (Å²) in [4.78, 5) is 0. The van der Waals surface area contributed by atoms with Gasteiger partial charge in [0, 0.05) is 25.2 Å². The zero-order valence-corrected chi connectivity index (χ0v) is 11.7. The fourth-order valence-electron chi connectivity index (χ4n) is 3.42. The maximum absolute atomic E-state index is 9.60. The molecule has 106 valence electrons. The molecule has 2 saturated carbocycles. The van der Waals surface area contributed by atoms with Crippen molar-refractivity contribution in [2.45, 2.75) is 57.3 Å². The molecule has 0 radical (unpaired) electrons. The van der Waals surface area contributed by atoms with Gasteiger partial charge in [0.25, 0.3) is 0 Å². The van der Waals surface area contributed by atoms with E-state index in [1.807, 2.05) is 0 Å². The van der Waals surface area contributed by atoms with Crippen LogP contribution in [0.25, 0.3) is 0 Å². The van der Waals surface area contributed by atoms with Crippen molar-refractivity contribution in [2.75, 3.05) is 26.9 Å². The molecule has 2 rings (SSSR count). The highest BCUT2D eigenvalue weighted by Crippen LogP contribution is 2.57. The predicted molar refractivity (Wildman–Crippen MR) is 70.6 cm³/mol. The molecule has 2 N–H and O–H groups in total. The second-order valence-corrected chi connectivity index (χ2v) is 5.67. The van der Waals surface area contributed by atoms with Gasteiger partial charge in [0.1, 0.15) is 0 Å². The van der Waals surface area contributed by atoms with Crippen molar-refractivity contribution in [1.29, 1.82) is 0 Å². The van der Waals surface area contributed by atoms with E-state index >= 15 is 0 Å². The molecule has 0 aromatic carbocycles. The molecule has 4 heteroatoms. The summed E-state index contributed by atoms with van der Waals surface area (Å²) in [5, 5.41) is 13.2. The fourth-order valence-corrected chi connectivity index (χ4v) is 3.42. The highest BCUT2D eigenvalue weighted by Gasteiger charge is 2.58. The molecule has 0 saturated heterocycles. The van der Waals surface area contributed by atoms with Crippen LogP contribution in [0.5, 0.6) is 0 Å². The minimum absolute atomic E-state index is 0.345. The van der Waals surface area contributed by atoms with Crippen LogP contribution in [-0.2, 0) is 9.47 Å².